The first kappa shape index (κ1) is 14.2. The SMILES string of the molecule is CC#CCNC1=CC(=O)CC(c2ccccc2OC)C1. The number of hydrogen-bond acceptors (Lipinski definition) is 3. The Hall–Kier alpha value is -2.21. The molecule has 1 aliphatic carbocycles. The molecule has 0 spiro atoms. The van der Waals surface area contributed by atoms with Crippen LogP contribution in [-0.2, 0) is 4.79 Å². The van der Waals surface area contributed by atoms with E-state index in [0.29, 0.717) is 13.0 Å². The lowest BCUT2D eigenvalue weighted by atomic mass is 9.85. The third-order valence-electron chi connectivity index (χ3n) is 3.41. The second kappa shape index (κ2) is 6.81. The molecule has 20 heavy (non-hydrogen) atoms. The van der Waals surface area contributed by atoms with Crippen LogP contribution in [-0.4, -0.2) is 19.4 Å². The second-order valence-corrected chi connectivity index (χ2v) is 4.76. The number of ketones is 1. The summed E-state index contributed by atoms with van der Waals surface area (Å²) in [4.78, 5) is 11.9. The number of ether oxygens (including phenoxy) is 1. The van der Waals surface area contributed by atoms with Crippen LogP contribution in [0.5, 0.6) is 5.75 Å². The van der Waals surface area contributed by atoms with Crippen molar-refractivity contribution in [3.05, 3.63) is 41.6 Å². The summed E-state index contributed by atoms with van der Waals surface area (Å²) in [7, 11) is 1.66. The van der Waals surface area contributed by atoms with Crippen LogP contribution < -0.4 is 10.1 Å². The third-order valence-corrected chi connectivity index (χ3v) is 3.41. The van der Waals surface area contributed by atoms with Crippen molar-refractivity contribution < 1.29 is 9.53 Å². The fourth-order valence-electron chi connectivity index (χ4n) is 2.49. The molecule has 0 bridgehead atoms. The molecular weight excluding hydrogens is 250 g/mol. The monoisotopic (exact) mass is 269 g/mol. The van der Waals surface area contributed by atoms with E-state index >= 15 is 0 Å². The maximum absolute atomic E-state index is 11.9. The summed E-state index contributed by atoms with van der Waals surface area (Å²) >= 11 is 0. The summed E-state index contributed by atoms with van der Waals surface area (Å²) in [6.45, 7) is 2.38. The average Bonchev–Trinajstić information content (AvgIpc) is 2.47. The van der Waals surface area contributed by atoms with Crippen molar-refractivity contribution in [3.63, 3.8) is 0 Å². The molecule has 1 atom stereocenters. The van der Waals surface area contributed by atoms with Gasteiger partial charge in [0.05, 0.1) is 13.7 Å². The summed E-state index contributed by atoms with van der Waals surface area (Å²) in [5, 5.41) is 3.22. The molecule has 0 saturated carbocycles. The van der Waals surface area contributed by atoms with Gasteiger partial charge in [-0.25, -0.2) is 0 Å². The lowest BCUT2D eigenvalue weighted by Crippen LogP contribution is -2.22. The lowest BCUT2D eigenvalue weighted by Gasteiger charge is -2.24. The molecule has 0 saturated heterocycles. The minimum Gasteiger partial charge on any atom is -0.496 e. The zero-order chi connectivity index (χ0) is 14.4. The first-order chi connectivity index (χ1) is 9.74. The van der Waals surface area contributed by atoms with E-state index in [9.17, 15) is 4.79 Å². The zero-order valence-corrected chi connectivity index (χ0v) is 11.9. The summed E-state index contributed by atoms with van der Waals surface area (Å²) < 4.78 is 5.39. The number of para-hydroxylation sites is 1. The number of methoxy groups -OCH3 is 1. The van der Waals surface area contributed by atoms with Crippen LogP contribution in [0.1, 0.15) is 31.2 Å². The van der Waals surface area contributed by atoms with Gasteiger partial charge in [0, 0.05) is 24.1 Å². The van der Waals surface area contributed by atoms with E-state index in [1.165, 1.54) is 0 Å². The van der Waals surface area contributed by atoms with Crippen LogP contribution in [0.2, 0.25) is 0 Å². The van der Waals surface area contributed by atoms with Crippen LogP contribution in [0.25, 0.3) is 0 Å². The molecule has 104 valence electrons. The average molecular weight is 269 g/mol. The van der Waals surface area contributed by atoms with Gasteiger partial charge >= 0.3 is 0 Å². The molecule has 1 N–H and O–H groups in total. The zero-order valence-electron chi connectivity index (χ0n) is 11.9. The molecule has 1 unspecified atom stereocenters. The maximum Gasteiger partial charge on any atom is 0.158 e. The first-order valence-electron chi connectivity index (χ1n) is 6.74. The van der Waals surface area contributed by atoms with Crippen LogP contribution in [0.15, 0.2) is 36.0 Å². The number of rotatable bonds is 4. The molecule has 0 amide bonds. The van der Waals surface area contributed by atoms with Gasteiger partial charge < -0.3 is 10.1 Å². The molecule has 2 rings (SSSR count). The minimum absolute atomic E-state index is 0.152. The number of benzene rings is 1. The number of allylic oxidation sites excluding steroid dienone is 2. The van der Waals surface area contributed by atoms with E-state index in [4.69, 9.17) is 4.74 Å². The molecular formula is C17H19NO2. The van der Waals surface area contributed by atoms with Gasteiger partial charge in [0.15, 0.2) is 5.78 Å². The highest BCUT2D eigenvalue weighted by Gasteiger charge is 2.24. The number of hydrogen-bond donors (Lipinski definition) is 1. The molecule has 0 fully saturated rings. The van der Waals surface area contributed by atoms with Crippen molar-refractivity contribution in [1.29, 1.82) is 0 Å². The van der Waals surface area contributed by atoms with E-state index in [1.807, 2.05) is 24.3 Å². The third kappa shape index (κ3) is 3.42. The van der Waals surface area contributed by atoms with Crippen molar-refractivity contribution in [3.8, 4) is 17.6 Å². The Balaban J connectivity index is 2.15. The minimum atomic E-state index is 0.152. The van der Waals surface area contributed by atoms with Crippen LogP contribution in [0, 0.1) is 11.8 Å². The van der Waals surface area contributed by atoms with Gasteiger partial charge in [-0.2, -0.15) is 0 Å². The molecule has 0 heterocycles. The Bertz CT molecular complexity index is 578. The topological polar surface area (TPSA) is 38.3 Å². The fraction of sp³-hybridized carbons (Fsp3) is 0.353. The highest BCUT2D eigenvalue weighted by Crippen LogP contribution is 2.35. The number of carbonyl (C=O) groups excluding carboxylic acids is 1. The van der Waals surface area contributed by atoms with E-state index in [-0.39, 0.29) is 11.7 Å². The van der Waals surface area contributed by atoms with Gasteiger partial charge in [-0.05, 0) is 25.0 Å². The van der Waals surface area contributed by atoms with Gasteiger partial charge in [-0.15, -0.1) is 5.92 Å². The highest BCUT2D eigenvalue weighted by atomic mass is 16.5. The van der Waals surface area contributed by atoms with Gasteiger partial charge in [0.1, 0.15) is 5.75 Å². The Morgan fingerprint density at radius 2 is 2.15 bits per heavy atom. The Morgan fingerprint density at radius 1 is 1.35 bits per heavy atom. The van der Waals surface area contributed by atoms with Crippen LogP contribution in [0.3, 0.4) is 0 Å². The smallest absolute Gasteiger partial charge is 0.158 e. The molecule has 3 heteroatoms. The molecule has 1 aromatic carbocycles. The molecule has 1 aliphatic rings. The molecule has 1 aromatic rings. The summed E-state index contributed by atoms with van der Waals surface area (Å²) in [5.41, 5.74) is 2.05. The quantitative estimate of drug-likeness (QED) is 0.854. The van der Waals surface area contributed by atoms with Crippen molar-refractivity contribution >= 4 is 5.78 Å². The van der Waals surface area contributed by atoms with E-state index < -0.39 is 0 Å². The Kier molecular flexibility index (Phi) is 4.84. The van der Waals surface area contributed by atoms with Crippen molar-refractivity contribution in [2.75, 3.05) is 13.7 Å². The summed E-state index contributed by atoms with van der Waals surface area (Å²) in [5.74, 6) is 6.95. The largest absolute Gasteiger partial charge is 0.496 e. The van der Waals surface area contributed by atoms with Crippen molar-refractivity contribution in [2.45, 2.75) is 25.7 Å². The summed E-state index contributed by atoms with van der Waals surface area (Å²) in [6.07, 6.45) is 3.05. The highest BCUT2D eigenvalue weighted by molar-refractivity contribution is 5.92. The Morgan fingerprint density at radius 3 is 2.90 bits per heavy atom. The fourth-order valence-corrected chi connectivity index (χ4v) is 2.49. The van der Waals surface area contributed by atoms with Gasteiger partial charge in [-0.3, -0.25) is 4.79 Å². The van der Waals surface area contributed by atoms with E-state index in [2.05, 4.69) is 17.2 Å². The van der Waals surface area contributed by atoms with Gasteiger partial charge in [-0.1, -0.05) is 24.1 Å². The molecule has 0 radical (unpaired) electrons. The molecule has 0 aromatic heterocycles. The predicted octanol–water partition coefficient (Wildman–Crippen LogP) is 2.64. The second-order valence-electron chi connectivity index (χ2n) is 4.76. The van der Waals surface area contributed by atoms with E-state index in [0.717, 1.165) is 23.4 Å². The number of nitrogens with one attached hydrogen (secondary N) is 1. The normalized spacial score (nSPS) is 17.8. The predicted molar refractivity (Wildman–Crippen MR) is 79.5 cm³/mol. The molecule has 0 aliphatic heterocycles. The van der Waals surface area contributed by atoms with Gasteiger partial charge in [0.25, 0.3) is 0 Å². The lowest BCUT2D eigenvalue weighted by molar-refractivity contribution is -0.115. The van der Waals surface area contributed by atoms with E-state index in [1.54, 1.807) is 20.1 Å². The van der Waals surface area contributed by atoms with Crippen LogP contribution >= 0.6 is 0 Å². The summed E-state index contributed by atoms with van der Waals surface area (Å²) in [6, 6.07) is 7.90. The van der Waals surface area contributed by atoms with Crippen molar-refractivity contribution in [1.82, 2.24) is 5.32 Å². The van der Waals surface area contributed by atoms with Crippen LogP contribution in [0.4, 0.5) is 0 Å². The Labute approximate surface area is 120 Å². The maximum atomic E-state index is 11.9. The van der Waals surface area contributed by atoms with Crippen molar-refractivity contribution in [2.24, 2.45) is 0 Å². The first-order valence-corrected chi connectivity index (χ1v) is 6.74. The molecule has 3 nitrogen and oxygen atoms in total. The van der Waals surface area contributed by atoms with Gasteiger partial charge in [0.2, 0.25) is 0 Å². The number of carbonyl (C=O) groups is 1. The standard InChI is InChI=1S/C17H19NO2/c1-3-4-9-18-14-10-13(11-15(19)12-14)16-7-5-6-8-17(16)20-2/h5-8,12-13,18H,9-11H2,1-2H3.